The minimum absolute atomic E-state index is 0.0559. The molecule has 2 aromatic rings. The van der Waals surface area contributed by atoms with Gasteiger partial charge in [-0.25, -0.2) is 4.98 Å². The van der Waals surface area contributed by atoms with Crippen LogP contribution in [0, 0.1) is 5.92 Å². The molecule has 9 heteroatoms. The summed E-state index contributed by atoms with van der Waals surface area (Å²) >= 11 is 2.67. The number of esters is 1. The minimum Gasteiger partial charge on any atom is -0.466 e. The maximum atomic E-state index is 12.5. The third kappa shape index (κ3) is 6.57. The third-order valence-corrected chi connectivity index (χ3v) is 6.04. The molecule has 0 bridgehead atoms. The summed E-state index contributed by atoms with van der Waals surface area (Å²) < 4.78 is 4.90. The fourth-order valence-electron chi connectivity index (χ4n) is 2.51. The van der Waals surface area contributed by atoms with Gasteiger partial charge in [0.1, 0.15) is 0 Å². The van der Waals surface area contributed by atoms with Gasteiger partial charge in [-0.3, -0.25) is 14.4 Å². The Bertz CT molecular complexity index is 895. The zero-order valence-corrected chi connectivity index (χ0v) is 17.9. The van der Waals surface area contributed by atoms with E-state index in [0.29, 0.717) is 17.4 Å². The second-order valence-electron chi connectivity index (χ2n) is 6.67. The molecule has 0 radical (unpaired) electrons. The van der Waals surface area contributed by atoms with Gasteiger partial charge >= 0.3 is 5.97 Å². The fraction of sp³-hybridized carbons (Fsp3) is 0.400. The molecule has 7 nitrogen and oxygen atoms in total. The highest BCUT2D eigenvalue weighted by Crippen LogP contribution is 2.31. The van der Waals surface area contributed by atoms with Crippen LogP contribution in [-0.4, -0.2) is 34.6 Å². The van der Waals surface area contributed by atoms with Crippen LogP contribution in [0.15, 0.2) is 34.5 Å². The Hall–Kier alpha value is -2.39. The number of anilines is 2. The number of rotatable bonds is 9. The monoisotopic (exact) mass is 433 g/mol. The molecule has 2 N–H and O–H groups in total. The minimum atomic E-state index is -0.359. The van der Waals surface area contributed by atoms with E-state index in [1.54, 1.807) is 12.3 Å². The molecule has 0 saturated heterocycles. The zero-order valence-electron chi connectivity index (χ0n) is 16.3. The molecule has 2 amide bonds. The van der Waals surface area contributed by atoms with Gasteiger partial charge in [0.2, 0.25) is 11.8 Å². The first-order chi connectivity index (χ1) is 13.9. The van der Waals surface area contributed by atoms with E-state index in [-0.39, 0.29) is 35.4 Å². The number of nitrogens with zero attached hydrogens (tertiary/aromatic N) is 1. The van der Waals surface area contributed by atoms with E-state index in [9.17, 15) is 14.4 Å². The lowest BCUT2D eigenvalue weighted by Gasteiger charge is -2.12. The van der Waals surface area contributed by atoms with Crippen LogP contribution in [0.5, 0.6) is 0 Å². The summed E-state index contributed by atoms with van der Waals surface area (Å²) in [5, 5.41) is 7.52. The van der Waals surface area contributed by atoms with E-state index in [1.807, 2.05) is 31.2 Å². The van der Waals surface area contributed by atoms with Crippen LogP contribution in [0.2, 0.25) is 0 Å². The molecule has 3 rings (SSSR count). The molecule has 1 aliphatic rings. The molecule has 1 unspecified atom stereocenters. The Labute approximate surface area is 177 Å². The number of benzene rings is 1. The molecule has 1 aromatic carbocycles. The SMILES string of the molecule is CCOC(=O)Cc1csc(NC(=O)C(C)Sc2cccc(NC(=O)C3CC3)c2)n1. The summed E-state index contributed by atoms with van der Waals surface area (Å²) in [4.78, 5) is 41.1. The number of thioether (sulfide) groups is 1. The van der Waals surface area contributed by atoms with Crippen molar-refractivity contribution in [1.29, 1.82) is 0 Å². The number of hydrogen-bond donors (Lipinski definition) is 2. The van der Waals surface area contributed by atoms with E-state index < -0.39 is 0 Å². The van der Waals surface area contributed by atoms with Crippen LogP contribution in [-0.2, 0) is 25.5 Å². The van der Waals surface area contributed by atoms with Gasteiger partial charge in [-0.1, -0.05) is 6.07 Å². The number of nitrogens with one attached hydrogen (secondary N) is 2. The number of hydrogen-bond acceptors (Lipinski definition) is 7. The highest BCUT2D eigenvalue weighted by Gasteiger charge is 2.29. The van der Waals surface area contributed by atoms with Crippen molar-refractivity contribution < 1.29 is 19.1 Å². The topological polar surface area (TPSA) is 97.4 Å². The number of aromatic nitrogens is 1. The third-order valence-electron chi connectivity index (χ3n) is 4.14. The van der Waals surface area contributed by atoms with Crippen molar-refractivity contribution in [2.45, 2.75) is 43.3 Å². The lowest BCUT2D eigenvalue weighted by molar-refractivity contribution is -0.142. The molecule has 0 aliphatic heterocycles. The number of carbonyl (C=O) groups is 3. The molecule has 154 valence electrons. The highest BCUT2D eigenvalue weighted by molar-refractivity contribution is 8.00. The molecule has 1 aliphatic carbocycles. The van der Waals surface area contributed by atoms with Gasteiger partial charge < -0.3 is 15.4 Å². The first kappa shape index (κ1) is 21.3. The van der Waals surface area contributed by atoms with Crippen molar-refractivity contribution in [3.05, 3.63) is 35.3 Å². The Morgan fingerprint density at radius 1 is 1.31 bits per heavy atom. The normalized spacial score (nSPS) is 14.1. The number of carbonyl (C=O) groups excluding carboxylic acids is 3. The van der Waals surface area contributed by atoms with Crippen molar-refractivity contribution in [3.63, 3.8) is 0 Å². The van der Waals surface area contributed by atoms with Crippen molar-refractivity contribution in [2.75, 3.05) is 17.2 Å². The average Bonchev–Trinajstić information content (AvgIpc) is 3.44. The molecular formula is C20H23N3O4S2. The molecule has 1 heterocycles. The molecule has 1 aromatic heterocycles. The van der Waals surface area contributed by atoms with Gasteiger partial charge in [0.05, 0.1) is 24.0 Å². The van der Waals surface area contributed by atoms with Gasteiger partial charge in [-0.2, -0.15) is 0 Å². The molecule has 1 atom stereocenters. The first-order valence-electron chi connectivity index (χ1n) is 9.43. The fourth-order valence-corrected chi connectivity index (χ4v) is 4.15. The zero-order chi connectivity index (χ0) is 20.8. The van der Waals surface area contributed by atoms with Crippen LogP contribution in [0.25, 0.3) is 0 Å². The van der Waals surface area contributed by atoms with Crippen LogP contribution >= 0.6 is 23.1 Å². The summed E-state index contributed by atoms with van der Waals surface area (Å²) in [5.74, 6) is -0.323. The predicted molar refractivity (Wildman–Crippen MR) is 114 cm³/mol. The van der Waals surface area contributed by atoms with Crippen LogP contribution < -0.4 is 10.6 Å². The maximum absolute atomic E-state index is 12.5. The van der Waals surface area contributed by atoms with E-state index in [4.69, 9.17) is 4.74 Å². The second kappa shape index (κ2) is 9.89. The molecule has 0 spiro atoms. The van der Waals surface area contributed by atoms with Crippen LogP contribution in [0.3, 0.4) is 0 Å². The van der Waals surface area contributed by atoms with Crippen molar-refractivity contribution in [3.8, 4) is 0 Å². The molecule has 1 saturated carbocycles. The van der Waals surface area contributed by atoms with Crippen molar-refractivity contribution >= 4 is 51.7 Å². The first-order valence-corrected chi connectivity index (χ1v) is 11.2. The van der Waals surface area contributed by atoms with Gasteiger partial charge in [-0.15, -0.1) is 23.1 Å². The Balaban J connectivity index is 1.52. The van der Waals surface area contributed by atoms with E-state index in [2.05, 4.69) is 15.6 Å². The largest absolute Gasteiger partial charge is 0.466 e. The average molecular weight is 434 g/mol. The van der Waals surface area contributed by atoms with E-state index >= 15 is 0 Å². The van der Waals surface area contributed by atoms with Gasteiger partial charge in [0.15, 0.2) is 5.13 Å². The molecule has 29 heavy (non-hydrogen) atoms. The van der Waals surface area contributed by atoms with E-state index in [1.165, 1.54) is 23.1 Å². The van der Waals surface area contributed by atoms with Gasteiger partial charge in [-0.05, 0) is 44.9 Å². The van der Waals surface area contributed by atoms with Gasteiger partial charge in [0, 0.05) is 21.9 Å². The summed E-state index contributed by atoms with van der Waals surface area (Å²) in [7, 11) is 0. The number of ether oxygens (including phenoxy) is 1. The van der Waals surface area contributed by atoms with Crippen molar-refractivity contribution in [2.24, 2.45) is 5.92 Å². The molecule has 1 fully saturated rings. The number of thiazole rings is 1. The maximum Gasteiger partial charge on any atom is 0.311 e. The smallest absolute Gasteiger partial charge is 0.311 e. The lowest BCUT2D eigenvalue weighted by Crippen LogP contribution is -2.22. The lowest BCUT2D eigenvalue weighted by atomic mass is 10.3. The summed E-state index contributed by atoms with van der Waals surface area (Å²) in [6, 6.07) is 7.48. The molecular weight excluding hydrogens is 410 g/mol. The van der Waals surface area contributed by atoms with Crippen LogP contribution in [0.4, 0.5) is 10.8 Å². The quantitative estimate of drug-likeness (QED) is 0.462. The van der Waals surface area contributed by atoms with E-state index in [0.717, 1.165) is 23.4 Å². The second-order valence-corrected chi connectivity index (χ2v) is 8.94. The van der Waals surface area contributed by atoms with Gasteiger partial charge in [0.25, 0.3) is 0 Å². The highest BCUT2D eigenvalue weighted by atomic mass is 32.2. The predicted octanol–water partition coefficient (Wildman–Crippen LogP) is 3.72. The summed E-state index contributed by atoms with van der Waals surface area (Å²) in [6.45, 7) is 3.88. The Morgan fingerprint density at radius 2 is 2.10 bits per heavy atom. The summed E-state index contributed by atoms with van der Waals surface area (Å²) in [5.41, 5.74) is 1.31. The van der Waals surface area contributed by atoms with Crippen LogP contribution in [0.1, 0.15) is 32.4 Å². The Kier molecular flexibility index (Phi) is 7.27. The summed E-state index contributed by atoms with van der Waals surface area (Å²) in [6.07, 6.45) is 2.00. The van der Waals surface area contributed by atoms with Crippen molar-refractivity contribution in [1.82, 2.24) is 4.98 Å². The Morgan fingerprint density at radius 3 is 2.83 bits per heavy atom. The standard InChI is InChI=1S/C20H23N3O4S2/c1-3-27-17(24)10-15-11-28-20(22-15)23-18(25)12(2)29-16-6-4-5-14(9-16)21-19(26)13-7-8-13/h4-6,9,11-13H,3,7-8,10H2,1-2H3,(H,21,26)(H,22,23,25). The number of amides is 2.